The zero-order chi connectivity index (χ0) is 18.9. The molecule has 1 unspecified atom stereocenters. The van der Waals surface area contributed by atoms with Crippen LogP contribution in [0.2, 0.25) is 0 Å². The van der Waals surface area contributed by atoms with E-state index >= 15 is 0 Å². The molecule has 0 aliphatic heterocycles. The predicted molar refractivity (Wildman–Crippen MR) is 101 cm³/mol. The van der Waals surface area contributed by atoms with Gasteiger partial charge in [0.05, 0.1) is 7.11 Å². The monoisotopic (exact) mass is 355 g/mol. The Morgan fingerprint density at radius 2 is 1.54 bits per heavy atom. The van der Waals surface area contributed by atoms with E-state index in [4.69, 9.17) is 10.5 Å². The number of hydrogen-bond acceptors (Lipinski definition) is 4. The first-order valence-corrected chi connectivity index (χ1v) is 8.76. The van der Waals surface area contributed by atoms with E-state index < -0.39 is 12.0 Å². The van der Waals surface area contributed by atoms with Gasteiger partial charge in [-0.05, 0) is 36.1 Å². The number of amides is 1. The van der Waals surface area contributed by atoms with Crippen LogP contribution >= 0.6 is 0 Å². The predicted octanol–water partition coefficient (Wildman–Crippen LogP) is 3.34. The molecule has 0 bridgehead atoms. The van der Waals surface area contributed by atoms with Crippen molar-refractivity contribution < 1.29 is 19.4 Å². The maximum Gasteiger partial charge on any atom is 0.246 e. The summed E-state index contributed by atoms with van der Waals surface area (Å²) in [6.45, 7) is 0. The molecular formula is C21H25NO4. The fourth-order valence-electron chi connectivity index (χ4n) is 2.72. The van der Waals surface area contributed by atoms with Gasteiger partial charge >= 0.3 is 0 Å². The number of rotatable bonds is 10. The number of ketones is 1. The molecular weight excluding hydrogens is 330 g/mol. The molecule has 0 heterocycles. The van der Waals surface area contributed by atoms with Crippen LogP contribution in [0.3, 0.4) is 0 Å². The Morgan fingerprint density at radius 1 is 0.962 bits per heavy atom. The third-order valence-corrected chi connectivity index (χ3v) is 4.34. The summed E-state index contributed by atoms with van der Waals surface area (Å²) < 4.78 is 5.15. The van der Waals surface area contributed by atoms with Gasteiger partial charge in [-0.2, -0.15) is 0 Å². The summed E-state index contributed by atoms with van der Waals surface area (Å²) >= 11 is 0. The minimum atomic E-state index is -1.09. The zero-order valence-corrected chi connectivity index (χ0v) is 15.0. The summed E-state index contributed by atoms with van der Waals surface area (Å²) in [6, 6.07) is 15.4. The molecule has 0 aromatic heterocycles. The molecule has 0 saturated carbocycles. The van der Waals surface area contributed by atoms with E-state index in [-0.39, 0.29) is 5.78 Å². The molecule has 0 fully saturated rings. The van der Waals surface area contributed by atoms with Gasteiger partial charge in [-0.15, -0.1) is 0 Å². The van der Waals surface area contributed by atoms with Crippen molar-refractivity contribution in [2.45, 2.75) is 38.2 Å². The Kier molecular flexibility index (Phi) is 7.36. The summed E-state index contributed by atoms with van der Waals surface area (Å²) in [5.74, 6) is 0.212. The number of nitrogens with two attached hydrogens (primary N) is 1. The quantitative estimate of drug-likeness (QED) is 0.505. The first kappa shape index (κ1) is 19.7. The average Bonchev–Trinajstić information content (AvgIpc) is 2.67. The van der Waals surface area contributed by atoms with Crippen LogP contribution in [0.25, 0.3) is 11.1 Å². The van der Waals surface area contributed by atoms with Crippen molar-refractivity contribution in [3.05, 3.63) is 54.1 Å². The molecule has 3 N–H and O–H groups in total. The number of hydrogen-bond donors (Lipinski definition) is 2. The van der Waals surface area contributed by atoms with E-state index in [1.807, 2.05) is 48.5 Å². The lowest BCUT2D eigenvalue weighted by atomic mass is 9.99. The van der Waals surface area contributed by atoms with E-state index in [9.17, 15) is 14.7 Å². The first-order valence-electron chi connectivity index (χ1n) is 8.76. The Balaban J connectivity index is 1.81. The molecule has 0 spiro atoms. The minimum Gasteiger partial charge on any atom is -0.497 e. The molecule has 5 heteroatoms. The van der Waals surface area contributed by atoms with Crippen LogP contribution in [0.15, 0.2) is 48.5 Å². The number of benzene rings is 2. The summed E-state index contributed by atoms with van der Waals surface area (Å²) in [5.41, 5.74) is 7.80. The summed E-state index contributed by atoms with van der Waals surface area (Å²) in [6.07, 6.45) is 1.89. The lowest BCUT2D eigenvalue weighted by Crippen LogP contribution is -2.27. The maximum absolute atomic E-state index is 12.2. The number of ether oxygens (including phenoxy) is 1. The van der Waals surface area contributed by atoms with Crippen molar-refractivity contribution in [1.29, 1.82) is 0 Å². The molecule has 0 saturated heterocycles. The van der Waals surface area contributed by atoms with Gasteiger partial charge in [0.25, 0.3) is 0 Å². The van der Waals surface area contributed by atoms with Crippen molar-refractivity contribution in [2.24, 2.45) is 5.73 Å². The van der Waals surface area contributed by atoms with Gasteiger partial charge in [0.1, 0.15) is 11.9 Å². The van der Waals surface area contributed by atoms with Crippen LogP contribution in [-0.2, 0) is 4.79 Å². The van der Waals surface area contributed by atoms with Gasteiger partial charge in [0, 0.05) is 12.0 Å². The van der Waals surface area contributed by atoms with Gasteiger partial charge in [-0.1, -0.05) is 49.2 Å². The highest BCUT2D eigenvalue weighted by Gasteiger charge is 2.10. The summed E-state index contributed by atoms with van der Waals surface area (Å²) in [7, 11) is 1.63. The lowest BCUT2D eigenvalue weighted by Gasteiger charge is -2.07. The largest absolute Gasteiger partial charge is 0.497 e. The molecule has 138 valence electrons. The van der Waals surface area contributed by atoms with Crippen LogP contribution < -0.4 is 10.5 Å². The van der Waals surface area contributed by atoms with Gasteiger partial charge in [0.15, 0.2) is 5.78 Å². The second-order valence-corrected chi connectivity index (χ2v) is 6.25. The number of aliphatic hydroxyl groups excluding tert-OH is 1. The first-order chi connectivity index (χ1) is 12.5. The molecule has 0 radical (unpaired) electrons. The van der Waals surface area contributed by atoms with Gasteiger partial charge in [0.2, 0.25) is 5.91 Å². The molecule has 2 aromatic carbocycles. The molecule has 1 atom stereocenters. The Hall–Kier alpha value is -2.66. The van der Waals surface area contributed by atoms with Gasteiger partial charge < -0.3 is 15.6 Å². The summed E-state index contributed by atoms with van der Waals surface area (Å²) in [5, 5.41) is 9.31. The lowest BCUT2D eigenvalue weighted by molar-refractivity contribution is -0.126. The fourth-order valence-corrected chi connectivity index (χ4v) is 2.72. The maximum atomic E-state index is 12.2. The van der Waals surface area contributed by atoms with Gasteiger partial charge in [-0.25, -0.2) is 0 Å². The molecule has 2 rings (SSSR count). The number of aliphatic hydroxyl groups is 1. The number of Topliss-reactive ketones (excluding diaryl/α,β-unsaturated/α-hetero) is 1. The molecule has 0 aliphatic rings. The van der Waals surface area contributed by atoms with E-state index in [0.29, 0.717) is 24.8 Å². The van der Waals surface area contributed by atoms with Crippen LogP contribution in [0, 0.1) is 0 Å². The molecule has 2 aromatic rings. The topological polar surface area (TPSA) is 89.6 Å². The second-order valence-electron chi connectivity index (χ2n) is 6.25. The highest BCUT2D eigenvalue weighted by Crippen LogP contribution is 2.23. The van der Waals surface area contributed by atoms with Crippen molar-refractivity contribution in [3.8, 4) is 16.9 Å². The SMILES string of the molecule is COc1ccc(-c2ccc(C(=O)CCCCCC(O)C(N)=O)cc2)cc1. The third-order valence-electron chi connectivity index (χ3n) is 4.34. The highest BCUT2D eigenvalue weighted by molar-refractivity contribution is 5.96. The van der Waals surface area contributed by atoms with Crippen LogP contribution in [0.5, 0.6) is 5.75 Å². The Morgan fingerprint density at radius 3 is 2.08 bits per heavy atom. The van der Waals surface area contributed by atoms with Crippen molar-refractivity contribution in [1.82, 2.24) is 0 Å². The molecule has 26 heavy (non-hydrogen) atoms. The van der Waals surface area contributed by atoms with Crippen molar-refractivity contribution >= 4 is 11.7 Å². The van der Waals surface area contributed by atoms with Gasteiger partial charge in [-0.3, -0.25) is 9.59 Å². The number of carbonyl (C=O) groups excluding carboxylic acids is 2. The van der Waals surface area contributed by atoms with Crippen LogP contribution in [0.1, 0.15) is 42.5 Å². The number of primary amides is 1. The van der Waals surface area contributed by atoms with E-state index in [1.54, 1.807) is 7.11 Å². The number of carbonyl (C=O) groups is 2. The van der Waals surface area contributed by atoms with Crippen molar-refractivity contribution in [2.75, 3.05) is 7.11 Å². The smallest absolute Gasteiger partial charge is 0.246 e. The standard InChI is InChI=1S/C21H25NO4/c1-26-18-13-11-16(12-14-18)15-7-9-17(10-8-15)19(23)5-3-2-4-6-20(24)21(22)25/h7-14,20,24H,2-6H2,1H3,(H2,22,25). The Labute approximate surface area is 153 Å². The average molecular weight is 355 g/mol. The minimum absolute atomic E-state index is 0.0988. The fraction of sp³-hybridized carbons (Fsp3) is 0.333. The van der Waals surface area contributed by atoms with Crippen molar-refractivity contribution in [3.63, 3.8) is 0 Å². The van der Waals surface area contributed by atoms with E-state index in [1.165, 1.54) is 0 Å². The molecule has 5 nitrogen and oxygen atoms in total. The van der Waals surface area contributed by atoms with Crippen LogP contribution in [-0.4, -0.2) is 30.0 Å². The number of unbranched alkanes of at least 4 members (excludes halogenated alkanes) is 2. The van der Waals surface area contributed by atoms with E-state index in [2.05, 4.69) is 0 Å². The zero-order valence-electron chi connectivity index (χ0n) is 15.0. The molecule has 0 aliphatic carbocycles. The summed E-state index contributed by atoms with van der Waals surface area (Å²) in [4.78, 5) is 23.0. The number of methoxy groups -OCH3 is 1. The normalized spacial score (nSPS) is 11.8. The Bertz CT molecular complexity index is 723. The highest BCUT2D eigenvalue weighted by atomic mass is 16.5. The molecule has 1 amide bonds. The third kappa shape index (κ3) is 5.70. The van der Waals surface area contributed by atoms with Crippen LogP contribution in [0.4, 0.5) is 0 Å². The second kappa shape index (κ2) is 9.73. The van der Waals surface area contributed by atoms with E-state index in [0.717, 1.165) is 29.7 Å².